The Bertz CT molecular complexity index is 537. The van der Waals surface area contributed by atoms with Crippen molar-refractivity contribution in [2.45, 2.75) is 13.0 Å². The van der Waals surface area contributed by atoms with Gasteiger partial charge in [0.25, 0.3) is 0 Å². The lowest BCUT2D eigenvalue weighted by Crippen LogP contribution is -2.53. The molecule has 114 valence electrons. The Balaban J connectivity index is 2.26. The van der Waals surface area contributed by atoms with Crippen molar-refractivity contribution in [1.82, 2.24) is 4.90 Å². The highest BCUT2D eigenvalue weighted by Crippen LogP contribution is 2.22. The Labute approximate surface area is 127 Å². The highest BCUT2D eigenvalue weighted by Gasteiger charge is 2.29. The van der Waals surface area contributed by atoms with E-state index in [0.717, 1.165) is 0 Å². The fourth-order valence-electron chi connectivity index (χ4n) is 2.22. The van der Waals surface area contributed by atoms with Crippen molar-refractivity contribution < 1.29 is 19.4 Å². The van der Waals surface area contributed by atoms with Crippen LogP contribution in [0.1, 0.15) is 6.92 Å². The number of carbonyl (C=O) groups is 2. The summed E-state index contributed by atoms with van der Waals surface area (Å²) in [5, 5.41) is 9.51. The zero-order valence-electron chi connectivity index (χ0n) is 11.7. The smallest absolute Gasteiger partial charge is 0.325 e. The Morgan fingerprint density at radius 2 is 2.29 bits per heavy atom. The largest absolute Gasteiger partial charge is 0.480 e. The van der Waals surface area contributed by atoms with Crippen molar-refractivity contribution in [3.8, 4) is 0 Å². The predicted molar refractivity (Wildman–Crippen MR) is 78.8 cm³/mol. The number of ether oxygens (including phenoxy) is 1. The molecule has 0 saturated carbocycles. The number of carboxylic acids is 1. The first-order valence-electron chi connectivity index (χ1n) is 6.62. The number of halogens is 1. The molecule has 0 bridgehead atoms. The molecule has 2 rings (SSSR count). The number of rotatable bonds is 3. The maximum atomic E-state index is 12.6. The minimum Gasteiger partial charge on any atom is -0.480 e. The Kier molecular flexibility index (Phi) is 5.03. The molecule has 7 heteroatoms. The van der Waals surface area contributed by atoms with Crippen molar-refractivity contribution in [2.24, 2.45) is 0 Å². The molecular formula is C14H17ClN2O4. The number of amides is 2. The number of carboxylic acid groups (broad SMARTS) is 1. The van der Waals surface area contributed by atoms with E-state index >= 15 is 0 Å². The van der Waals surface area contributed by atoms with Crippen LogP contribution in [-0.4, -0.2) is 54.4 Å². The number of aliphatic carboxylic acids is 1. The van der Waals surface area contributed by atoms with Crippen LogP contribution < -0.4 is 4.90 Å². The minimum absolute atomic E-state index is 0.0956. The molecular weight excluding hydrogens is 296 g/mol. The first-order chi connectivity index (χ1) is 9.99. The molecule has 1 aromatic carbocycles. The first kappa shape index (κ1) is 15.6. The number of anilines is 1. The van der Waals surface area contributed by atoms with E-state index in [1.807, 2.05) is 6.92 Å². The zero-order chi connectivity index (χ0) is 15.4. The normalized spacial score (nSPS) is 18.4. The van der Waals surface area contributed by atoms with Crippen LogP contribution in [0.5, 0.6) is 0 Å². The van der Waals surface area contributed by atoms with Crippen molar-refractivity contribution in [1.29, 1.82) is 0 Å². The number of carbonyl (C=O) groups excluding carboxylic acids is 1. The van der Waals surface area contributed by atoms with Crippen LogP contribution in [0.3, 0.4) is 0 Å². The summed E-state index contributed by atoms with van der Waals surface area (Å²) in [5.74, 6) is -1.08. The van der Waals surface area contributed by atoms with Crippen molar-refractivity contribution >= 4 is 29.3 Å². The molecule has 2 amide bonds. The summed E-state index contributed by atoms with van der Waals surface area (Å²) < 4.78 is 5.30. The van der Waals surface area contributed by atoms with E-state index in [9.17, 15) is 9.59 Å². The topological polar surface area (TPSA) is 70.1 Å². The second-order valence-corrected chi connectivity index (χ2v) is 5.30. The van der Waals surface area contributed by atoms with Gasteiger partial charge < -0.3 is 14.7 Å². The number of hydrogen-bond acceptors (Lipinski definition) is 3. The molecule has 0 spiro atoms. The lowest BCUT2D eigenvalue weighted by atomic mass is 10.2. The number of morpholine rings is 1. The van der Waals surface area contributed by atoms with Gasteiger partial charge in [-0.05, 0) is 25.1 Å². The molecule has 6 nitrogen and oxygen atoms in total. The lowest BCUT2D eigenvalue weighted by Gasteiger charge is -2.36. The van der Waals surface area contributed by atoms with E-state index < -0.39 is 12.5 Å². The van der Waals surface area contributed by atoms with Gasteiger partial charge in [-0.15, -0.1) is 0 Å². The fourth-order valence-corrected chi connectivity index (χ4v) is 2.40. The van der Waals surface area contributed by atoms with Gasteiger partial charge in [0.2, 0.25) is 0 Å². The van der Waals surface area contributed by atoms with Gasteiger partial charge in [-0.2, -0.15) is 0 Å². The SMILES string of the molecule is CC1COCCN1C(=O)N(CC(=O)O)c1cccc(Cl)c1. The van der Waals surface area contributed by atoms with E-state index in [1.165, 1.54) is 4.90 Å². The average molecular weight is 313 g/mol. The summed E-state index contributed by atoms with van der Waals surface area (Å²) in [6.45, 7) is 2.79. The molecule has 1 fully saturated rings. The minimum atomic E-state index is -1.08. The van der Waals surface area contributed by atoms with Crippen molar-refractivity contribution in [2.75, 3.05) is 31.2 Å². The second kappa shape index (κ2) is 6.78. The molecule has 1 saturated heterocycles. The van der Waals surface area contributed by atoms with Gasteiger partial charge in [0.05, 0.1) is 19.3 Å². The van der Waals surface area contributed by atoms with Crippen LogP contribution in [0.2, 0.25) is 5.02 Å². The highest BCUT2D eigenvalue weighted by atomic mass is 35.5. The Morgan fingerprint density at radius 1 is 1.52 bits per heavy atom. The summed E-state index contributed by atoms with van der Waals surface area (Å²) >= 11 is 5.93. The van der Waals surface area contributed by atoms with Gasteiger partial charge in [-0.3, -0.25) is 9.69 Å². The lowest BCUT2D eigenvalue weighted by molar-refractivity contribution is -0.135. The van der Waals surface area contributed by atoms with E-state index in [0.29, 0.717) is 30.5 Å². The number of urea groups is 1. The van der Waals surface area contributed by atoms with Crippen LogP contribution in [0, 0.1) is 0 Å². The highest BCUT2D eigenvalue weighted by molar-refractivity contribution is 6.30. The molecule has 0 aromatic heterocycles. The maximum Gasteiger partial charge on any atom is 0.325 e. The first-order valence-corrected chi connectivity index (χ1v) is 7.00. The molecule has 21 heavy (non-hydrogen) atoms. The Hall–Kier alpha value is -1.79. The number of nitrogens with zero attached hydrogens (tertiary/aromatic N) is 2. The number of hydrogen-bond donors (Lipinski definition) is 1. The van der Waals surface area contributed by atoms with Crippen molar-refractivity contribution in [3.05, 3.63) is 29.3 Å². The van der Waals surface area contributed by atoms with Crippen molar-refractivity contribution in [3.63, 3.8) is 0 Å². The summed E-state index contributed by atoms with van der Waals surface area (Å²) in [6.07, 6.45) is 0. The summed E-state index contributed by atoms with van der Waals surface area (Å²) in [6, 6.07) is 6.15. The van der Waals surface area contributed by atoms with Gasteiger partial charge in [0, 0.05) is 17.3 Å². The standard InChI is InChI=1S/C14H17ClN2O4/c1-10-9-21-6-5-16(10)14(20)17(8-13(18)19)12-4-2-3-11(15)7-12/h2-4,7,10H,5-6,8-9H2,1H3,(H,18,19). The second-order valence-electron chi connectivity index (χ2n) is 4.86. The van der Waals surface area contributed by atoms with Gasteiger partial charge in [-0.1, -0.05) is 17.7 Å². The van der Waals surface area contributed by atoms with Crippen LogP contribution in [0.4, 0.5) is 10.5 Å². The number of benzene rings is 1. The molecule has 1 heterocycles. The average Bonchev–Trinajstić information content (AvgIpc) is 2.44. The van der Waals surface area contributed by atoms with E-state index in [1.54, 1.807) is 29.2 Å². The van der Waals surface area contributed by atoms with Gasteiger partial charge in [0.15, 0.2) is 0 Å². The Morgan fingerprint density at radius 3 is 2.90 bits per heavy atom. The third-order valence-corrected chi connectivity index (χ3v) is 3.49. The van der Waals surface area contributed by atoms with E-state index in [4.69, 9.17) is 21.4 Å². The van der Waals surface area contributed by atoms with E-state index in [2.05, 4.69) is 0 Å². The third kappa shape index (κ3) is 3.86. The molecule has 1 aliphatic rings. The third-order valence-electron chi connectivity index (χ3n) is 3.26. The fraction of sp³-hybridized carbons (Fsp3) is 0.429. The quantitative estimate of drug-likeness (QED) is 0.927. The molecule has 1 aromatic rings. The molecule has 1 unspecified atom stereocenters. The predicted octanol–water partition coefficient (Wildman–Crippen LogP) is 2.07. The van der Waals surface area contributed by atoms with Gasteiger partial charge in [-0.25, -0.2) is 4.79 Å². The van der Waals surface area contributed by atoms with Crippen LogP contribution in [0.15, 0.2) is 24.3 Å². The zero-order valence-corrected chi connectivity index (χ0v) is 12.4. The van der Waals surface area contributed by atoms with Crippen LogP contribution in [0.25, 0.3) is 0 Å². The maximum absolute atomic E-state index is 12.6. The summed E-state index contributed by atoms with van der Waals surface area (Å²) in [4.78, 5) is 26.5. The van der Waals surface area contributed by atoms with E-state index in [-0.39, 0.29) is 12.1 Å². The van der Waals surface area contributed by atoms with Gasteiger partial charge in [0.1, 0.15) is 6.54 Å². The molecule has 1 aliphatic heterocycles. The molecule has 1 N–H and O–H groups in total. The molecule has 1 atom stereocenters. The van der Waals surface area contributed by atoms with Crippen LogP contribution >= 0.6 is 11.6 Å². The molecule has 0 radical (unpaired) electrons. The monoisotopic (exact) mass is 312 g/mol. The summed E-state index contributed by atoms with van der Waals surface area (Å²) in [5.41, 5.74) is 0.466. The van der Waals surface area contributed by atoms with Gasteiger partial charge >= 0.3 is 12.0 Å². The van der Waals surface area contributed by atoms with Crippen LogP contribution in [-0.2, 0) is 9.53 Å². The summed E-state index contributed by atoms with van der Waals surface area (Å²) in [7, 11) is 0. The molecule has 0 aliphatic carbocycles.